The van der Waals surface area contributed by atoms with E-state index >= 15 is 0 Å². The van der Waals surface area contributed by atoms with Gasteiger partial charge in [-0.05, 0) is 36.8 Å². The van der Waals surface area contributed by atoms with Crippen molar-refractivity contribution in [1.29, 1.82) is 0 Å². The molecule has 19 heavy (non-hydrogen) atoms. The Labute approximate surface area is 112 Å². The number of nitrogens with two attached hydrogens (primary N) is 1. The smallest absolute Gasteiger partial charge is 0.243 e. The zero-order valence-corrected chi connectivity index (χ0v) is 11.6. The minimum absolute atomic E-state index is 0.184. The number of furan rings is 1. The number of aryl methyl sites for hydroxylation is 1. The van der Waals surface area contributed by atoms with E-state index in [9.17, 15) is 8.42 Å². The second-order valence-electron chi connectivity index (χ2n) is 4.37. The maximum atomic E-state index is 12.5. The third-order valence-electron chi connectivity index (χ3n) is 2.86. The Kier molecular flexibility index (Phi) is 3.64. The monoisotopic (exact) mass is 280 g/mol. The molecule has 0 spiro atoms. The van der Waals surface area contributed by atoms with Crippen molar-refractivity contribution in [2.75, 3.05) is 12.8 Å². The van der Waals surface area contributed by atoms with Crippen molar-refractivity contribution in [3.8, 4) is 0 Å². The van der Waals surface area contributed by atoms with Crippen LogP contribution in [0.2, 0.25) is 0 Å². The predicted molar refractivity (Wildman–Crippen MR) is 73.0 cm³/mol. The Morgan fingerprint density at radius 1 is 1.32 bits per heavy atom. The van der Waals surface area contributed by atoms with E-state index in [1.807, 2.05) is 0 Å². The van der Waals surface area contributed by atoms with Crippen LogP contribution in [0.25, 0.3) is 0 Å². The number of rotatable bonds is 4. The molecule has 5 nitrogen and oxygen atoms in total. The molecule has 0 aliphatic carbocycles. The van der Waals surface area contributed by atoms with Crippen molar-refractivity contribution in [3.63, 3.8) is 0 Å². The lowest BCUT2D eigenvalue weighted by molar-refractivity contribution is 0.406. The van der Waals surface area contributed by atoms with E-state index in [1.54, 1.807) is 31.2 Å². The van der Waals surface area contributed by atoms with Crippen LogP contribution in [0.3, 0.4) is 0 Å². The maximum Gasteiger partial charge on any atom is 0.243 e. The first-order valence-electron chi connectivity index (χ1n) is 5.76. The fraction of sp³-hybridized carbons (Fsp3) is 0.231. The van der Waals surface area contributed by atoms with Gasteiger partial charge in [0.15, 0.2) is 0 Å². The van der Waals surface area contributed by atoms with Crippen molar-refractivity contribution in [2.45, 2.75) is 18.4 Å². The molecule has 2 aromatic rings. The van der Waals surface area contributed by atoms with Crippen LogP contribution < -0.4 is 5.73 Å². The summed E-state index contributed by atoms with van der Waals surface area (Å²) in [6.07, 6.45) is 1.52. The van der Waals surface area contributed by atoms with Gasteiger partial charge in [-0.2, -0.15) is 4.31 Å². The highest BCUT2D eigenvalue weighted by atomic mass is 32.2. The molecule has 0 saturated heterocycles. The zero-order valence-electron chi connectivity index (χ0n) is 10.8. The molecule has 0 bridgehead atoms. The van der Waals surface area contributed by atoms with Gasteiger partial charge in [-0.15, -0.1) is 0 Å². The summed E-state index contributed by atoms with van der Waals surface area (Å²) in [5.41, 5.74) is 6.75. The Hall–Kier alpha value is -1.79. The van der Waals surface area contributed by atoms with Gasteiger partial charge in [-0.1, -0.05) is 6.07 Å². The van der Waals surface area contributed by atoms with Crippen LogP contribution in [0.4, 0.5) is 5.69 Å². The third kappa shape index (κ3) is 2.80. The summed E-state index contributed by atoms with van der Waals surface area (Å²) < 4.78 is 31.3. The quantitative estimate of drug-likeness (QED) is 0.869. The molecule has 6 heteroatoms. The summed E-state index contributed by atoms with van der Waals surface area (Å²) in [5.74, 6) is 0.590. The highest BCUT2D eigenvalue weighted by Crippen LogP contribution is 2.22. The topological polar surface area (TPSA) is 76.5 Å². The molecule has 0 aliphatic rings. The van der Waals surface area contributed by atoms with Gasteiger partial charge < -0.3 is 10.2 Å². The summed E-state index contributed by atoms with van der Waals surface area (Å²) in [4.78, 5) is 0.224. The minimum atomic E-state index is -3.57. The number of nitrogen functional groups attached to an aromatic ring is 1. The predicted octanol–water partition coefficient (Wildman–Crippen LogP) is 1.99. The van der Waals surface area contributed by atoms with E-state index in [2.05, 4.69) is 0 Å². The van der Waals surface area contributed by atoms with E-state index in [4.69, 9.17) is 10.2 Å². The molecule has 0 radical (unpaired) electrons. The van der Waals surface area contributed by atoms with Crippen molar-refractivity contribution in [2.24, 2.45) is 0 Å². The summed E-state index contributed by atoms with van der Waals surface area (Å²) in [6, 6.07) is 8.31. The molecule has 0 atom stereocenters. The van der Waals surface area contributed by atoms with Crippen molar-refractivity contribution in [3.05, 3.63) is 47.9 Å². The highest BCUT2D eigenvalue weighted by Gasteiger charge is 2.23. The lowest BCUT2D eigenvalue weighted by Crippen LogP contribution is -2.27. The van der Waals surface area contributed by atoms with Crippen LogP contribution in [0, 0.1) is 6.92 Å². The average Bonchev–Trinajstić information content (AvgIpc) is 2.85. The number of benzene rings is 1. The third-order valence-corrected chi connectivity index (χ3v) is 4.80. The Balaban J connectivity index is 2.33. The molecule has 2 N–H and O–H groups in total. The molecule has 0 amide bonds. The molecular formula is C13H16N2O3S. The van der Waals surface area contributed by atoms with E-state index in [0.717, 1.165) is 0 Å². The molecule has 1 heterocycles. The van der Waals surface area contributed by atoms with E-state index in [-0.39, 0.29) is 11.4 Å². The maximum absolute atomic E-state index is 12.5. The van der Waals surface area contributed by atoms with E-state index in [0.29, 0.717) is 17.0 Å². The number of nitrogens with zero attached hydrogens (tertiary/aromatic N) is 1. The van der Waals surface area contributed by atoms with Crippen LogP contribution in [0.5, 0.6) is 0 Å². The number of hydrogen-bond acceptors (Lipinski definition) is 4. The van der Waals surface area contributed by atoms with Gasteiger partial charge in [0.1, 0.15) is 5.76 Å². The molecule has 1 aromatic heterocycles. The highest BCUT2D eigenvalue weighted by molar-refractivity contribution is 7.89. The summed E-state index contributed by atoms with van der Waals surface area (Å²) >= 11 is 0. The molecule has 102 valence electrons. The lowest BCUT2D eigenvalue weighted by atomic mass is 10.2. The van der Waals surface area contributed by atoms with Gasteiger partial charge in [-0.25, -0.2) is 8.42 Å². The normalized spacial score (nSPS) is 11.9. The number of anilines is 1. The van der Waals surface area contributed by atoms with Gasteiger partial charge in [0.05, 0.1) is 17.7 Å². The van der Waals surface area contributed by atoms with Gasteiger partial charge in [-0.3, -0.25) is 0 Å². The van der Waals surface area contributed by atoms with Crippen LogP contribution in [0.15, 0.2) is 45.9 Å². The van der Waals surface area contributed by atoms with Gasteiger partial charge in [0.2, 0.25) is 10.0 Å². The minimum Gasteiger partial charge on any atom is -0.468 e. The lowest BCUT2D eigenvalue weighted by Gasteiger charge is -2.17. The first-order valence-corrected chi connectivity index (χ1v) is 7.20. The Bertz CT molecular complexity index is 663. The Morgan fingerprint density at radius 2 is 2.05 bits per heavy atom. The van der Waals surface area contributed by atoms with Gasteiger partial charge in [0.25, 0.3) is 0 Å². The van der Waals surface area contributed by atoms with Crippen molar-refractivity contribution in [1.82, 2.24) is 4.31 Å². The van der Waals surface area contributed by atoms with Crippen molar-refractivity contribution >= 4 is 15.7 Å². The Morgan fingerprint density at radius 3 is 2.68 bits per heavy atom. The fourth-order valence-corrected chi connectivity index (χ4v) is 3.16. The molecule has 0 saturated carbocycles. The summed E-state index contributed by atoms with van der Waals surface area (Å²) in [6.45, 7) is 1.93. The van der Waals surface area contributed by atoms with E-state index in [1.165, 1.54) is 23.7 Å². The largest absolute Gasteiger partial charge is 0.468 e. The summed E-state index contributed by atoms with van der Waals surface area (Å²) in [7, 11) is -2.06. The fourth-order valence-electron chi connectivity index (χ4n) is 1.77. The second-order valence-corrected chi connectivity index (χ2v) is 6.38. The molecule has 1 aromatic carbocycles. The first-order chi connectivity index (χ1) is 8.91. The standard InChI is InChI=1S/C13H16N2O3S/c1-10-5-6-11(14)8-13(10)19(16,17)15(2)9-12-4-3-7-18-12/h3-8H,9,14H2,1-2H3. The SMILES string of the molecule is Cc1ccc(N)cc1S(=O)(=O)N(C)Cc1ccco1. The number of hydrogen-bond donors (Lipinski definition) is 1. The zero-order chi connectivity index (χ0) is 14.0. The molecule has 0 unspecified atom stereocenters. The van der Waals surface area contributed by atoms with Gasteiger partial charge >= 0.3 is 0 Å². The molecule has 0 fully saturated rings. The van der Waals surface area contributed by atoms with E-state index < -0.39 is 10.0 Å². The van der Waals surface area contributed by atoms with Crippen LogP contribution in [-0.2, 0) is 16.6 Å². The molecular weight excluding hydrogens is 264 g/mol. The molecule has 0 aliphatic heterocycles. The second kappa shape index (κ2) is 5.07. The average molecular weight is 280 g/mol. The van der Waals surface area contributed by atoms with Crippen LogP contribution >= 0.6 is 0 Å². The first kappa shape index (κ1) is 13.6. The van der Waals surface area contributed by atoms with Crippen molar-refractivity contribution < 1.29 is 12.8 Å². The molecule has 2 rings (SSSR count). The van der Waals surface area contributed by atoms with Crippen LogP contribution in [0.1, 0.15) is 11.3 Å². The van der Waals surface area contributed by atoms with Crippen LogP contribution in [-0.4, -0.2) is 19.8 Å². The number of sulfonamides is 1. The van der Waals surface area contributed by atoms with Gasteiger partial charge in [0, 0.05) is 12.7 Å². The summed E-state index contributed by atoms with van der Waals surface area (Å²) in [5, 5.41) is 0.